The molecule has 3 heterocycles. The van der Waals surface area contributed by atoms with Gasteiger partial charge in [0.1, 0.15) is 5.82 Å². The Morgan fingerprint density at radius 2 is 2.03 bits per heavy atom. The number of ether oxygens (including phenoxy) is 2. The number of hydrogen-bond acceptors (Lipinski definition) is 5. The highest BCUT2D eigenvalue weighted by Gasteiger charge is 2.61. The zero-order chi connectivity index (χ0) is 22.0. The van der Waals surface area contributed by atoms with Crippen molar-refractivity contribution in [2.45, 2.75) is 18.2 Å². The molecule has 1 N–H and O–H groups in total. The maximum Gasteiger partial charge on any atom is 0.306 e. The van der Waals surface area contributed by atoms with Crippen LogP contribution in [0.3, 0.4) is 0 Å². The van der Waals surface area contributed by atoms with Crippen molar-refractivity contribution in [3.8, 4) is 11.5 Å². The highest BCUT2D eigenvalue weighted by Crippen LogP contribution is 2.56. The van der Waals surface area contributed by atoms with Gasteiger partial charge in [-0.3, -0.25) is 4.79 Å². The number of hydrazone groups is 1. The zero-order valence-electron chi connectivity index (χ0n) is 16.9. The molecular weight excluding hydrogens is 477 g/mol. The third kappa shape index (κ3) is 2.56. The number of halogens is 2. The number of rotatable bonds is 2. The van der Waals surface area contributed by atoms with E-state index in [9.17, 15) is 9.18 Å². The number of para-hydroxylation sites is 1. The Kier molecular flexibility index (Phi) is 4.10. The quantitative estimate of drug-likeness (QED) is 0.548. The molecule has 0 aliphatic carbocycles. The summed E-state index contributed by atoms with van der Waals surface area (Å²) in [6.45, 7) is 0. The molecule has 3 aromatic rings. The lowest BCUT2D eigenvalue weighted by Crippen LogP contribution is -2.55. The van der Waals surface area contributed by atoms with Crippen molar-refractivity contribution in [3.63, 3.8) is 0 Å². The van der Waals surface area contributed by atoms with Crippen LogP contribution in [0.2, 0.25) is 0 Å². The second kappa shape index (κ2) is 6.80. The number of anilines is 1. The summed E-state index contributed by atoms with van der Waals surface area (Å²) in [7, 11) is 1.58. The van der Waals surface area contributed by atoms with Crippen molar-refractivity contribution in [2.75, 3.05) is 12.4 Å². The van der Waals surface area contributed by atoms with Crippen molar-refractivity contribution >= 4 is 33.2 Å². The van der Waals surface area contributed by atoms with Gasteiger partial charge in [0.15, 0.2) is 11.5 Å². The molecule has 0 unspecified atom stereocenters. The molecule has 1 spiro atoms. The maximum absolute atomic E-state index is 13.5. The lowest BCUT2D eigenvalue weighted by atomic mass is 9.92. The summed E-state index contributed by atoms with van der Waals surface area (Å²) in [5.74, 6) is 0.438. The largest absolute Gasteiger partial charge is 0.493 e. The molecule has 8 heteroatoms. The topological polar surface area (TPSA) is 63.2 Å². The van der Waals surface area contributed by atoms with Crippen LogP contribution in [-0.4, -0.2) is 23.7 Å². The Bertz CT molecular complexity index is 1310. The molecular formula is C24H17BrFN3O3. The lowest BCUT2D eigenvalue weighted by molar-refractivity contribution is -0.161. The van der Waals surface area contributed by atoms with Crippen LogP contribution in [0, 0.1) is 5.82 Å². The van der Waals surface area contributed by atoms with Crippen LogP contribution in [0.25, 0.3) is 0 Å². The normalized spacial score (nSPS) is 22.6. The summed E-state index contributed by atoms with van der Waals surface area (Å²) in [5.41, 5.74) is 2.28. The van der Waals surface area contributed by atoms with Gasteiger partial charge in [0.2, 0.25) is 0 Å². The highest BCUT2D eigenvalue weighted by atomic mass is 79.9. The van der Waals surface area contributed by atoms with E-state index in [1.807, 2.05) is 36.4 Å². The number of methoxy groups -OCH3 is 1. The van der Waals surface area contributed by atoms with Gasteiger partial charge < -0.3 is 14.8 Å². The molecule has 3 aliphatic rings. The minimum atomic E-state index is -1.49. The molecule has 0 aromatic heterocycles. The van der Waals surface area contributed by atoms with Crippen molar-refractivity contribution < 1.29 is 18.7 Å². The van der Waals surface area contributed by atoms with E-state index in [4.69, 9.17) is 14.6 Å². The first-order valence-corrected chi connectivity index (χ1v) is 10.9. The number of benzene rings is 3. The third-order valence-corrected chi connectivity index (χ3v) is 6.64. The summed E-state index contributed by atoms with van der Waals surface area (Å²) in [5, 5.41) is 9.54. The van der Waals surface area contributed by atoms with E-state index in [1.54, 1.807) is 24.3 Å². The first kappa shape index (κ1) is 19.3. The van der Waals surface area contributed by atoms with E-state index < -0.39 is 5.72 Å². The fourth-order valence-electron chi connectivity index (χ4n) is 4.68. The van der Waals surface area contributed by atoms with Crippen molar-refractivity contribution in [2.24, 2.45) is 5.10 Å². The molecule has 2 atom stereocenters. The smallest absolute Gasteiger partial charge is 0.306 e. The van der Waals surface area contributed by atoms with Crippen molar-refractivity contribution in [1.29, 1.82) is 0 Å². The summed E-state index contributed by atoms with van der Waals surface area (Å²) < 4.78 is 26.4. The molecule has 0 bridgehead atoms. The van der Waals surface area contributed by atoms with Crippen LogP contribution in [0.5, 0.6) is 11.5 Å². The first-order chi connectivity index (χ1) is 15.5. The predicted molar refractivity (Wildman–Crippen MR) is 120 cm³/mol. The monoisotopic (exact) mass is 493 g/mol. The van der Waals surface area contributed by atoms with Gasteiger partial charge in [0.25, 0.3) is 5.91 Å². The van der Waals surface area contributed by atoms with Crippen molar-refractivity contribution in [3.05, 3.63) is 87.6 Å². The van der Waals surface area contributed by atoms with Crippen LogP contribution in [0.4, 0.5) is 10.1 Å². The van der Waals surface area contributed by atoms with Crippen LogP contribution < -0.4 is 14.8 Å². The molecule has 0 radical (unpaired) electrons. The predicted octanol–water partition coefficient (Wildman–Crippen LogP) is 4.95. The number of nitrogens with zero attached hydrogens (tertiary/aromatic N) is 2. The van der Waals surface area contributed by atoms with E-state index in [1.165, 1.54) is 12.1 Å². The van der Waals surface area contributed by atoms with Gasteiger partial charge >= 0.3 is 5.72 Å². The van der Waals surface area contributed by atoms with Gasteiger partial charge in [0.05, 0.1) is 30.1 Å². The standard InChI is InChI=1S/C24H17BrFN3O3/c1-31-21-4-2-3-16-20-12-19(13-5-8-15(26)9-6-13)28-29(20)24(32-22(16)21)17-11-14(25)7-10-18(17)27-23(24)30/h2-11,20H,12H2,1H3,(H,27,30)/t20-,24-/m1/s1. The number of nitrogens with one attached hydrogen (secondary N) is 1. The lowest BCUT2D eigenvalue weighted by Gasteiger charge is -2.44. The van der Waals surface area contributed by atoms with Gasteiger partial charge in [0, 0.05) is 16.5 Å². The number of fused-ring (bicyclic) bond motifs is 6. The molecule has 0 fully saturated rings. The summed E-state index contributed by atoms with van der Waals surface area (Å²) in [6.07, 6.45) is 0.535. The van der Waals surface area contributed by atoms with Gasteiger partial charge in [-0.2, -0.15) is 5.10 Å². The number of carbonyl (C=O) groups is 1. The summed E-state index contributed by atoms with van der Waals surface area (Å²) in [4.78, 5) is 13.5. The van der Waals surface area contributed by atoms with E-state index in [-0.39, 0.29) is 17.8 Å². The Hall–Kier alpha value is -3.39. The number of hydrogen-bond donors (Lipinski definition) is 1. The molecule has 3 aliphatic heterocycles. The zero-order valence-corrected chi connectivity index (χ0v) is 18.5. The highest BCUT2D eigenvalue weighted by molar-refractivity contribution is 9.10. The average Bonchev–Trinajstić information content (AvgIpc) is 3.35. The summed E-state index contributed by atoms with van der Waals surface area (Å²) in [6, 6.07) is 17.2. The van der Waals surface area contributed by atoms with E-state index >= 15 is 0 Å². The molecule has 6 rings (SSSR count). The van der Waals surface area contributed by atoms with E-state index in [2.05, 4.69) is 21.2 Å². The van der Waals surface area contributed by atoms with Crippen LogP contribution in [0.1, 0.15) is 29.2 Å². The van der Waals surface area contributed by atoms with Crippen LogP contribution in [0.15, 0.2) is 70.2 Å². The molecule has 0 saturated carbocycles. The van der Waals surface area contributed by atoms with Gasteiger partial charge in [-0.15, -0.1) is 0 Å². The van der Waals surface area contributed by atoms with Gasteiger partial charge in [-0.25, -0.2) is 9.40 Å². The molecule has 32 heavy (non-hydrogen) atoms. The average molecular weight is 494 g/mol. The van der Waals surface area contributed by atoms with Crippen LogP contribution >= 0.6 is 15.9 Å². The molecule has 6 nitrogen and oxygen atoms in total. The SMILES string of the molecule is COc1cccc2c1O[C@]1(C(=O)Nc3ccc(Br)cc31)N1N=C(c3ccc(F)cc3)C[C@H]21. The second-order valence-electron chi connectivity index (χ2n) is 7.89. The minimum Gasteiger partial charge on any atom is -0.493 e. The van der Waals surface area contributed by atoms with Crippen LogP contribution in [-0.2, 0) is 10.5 Å². The van der Waals surface area contributed by atoms with E-state index in [0.29, 0.717) is 29.2 Å². The maximum atomic E-state index is 13.5. The molecule has 160 valence electrons. The molecule has 1 amide bonds. The number of carbonyl (C=O) groups excluding carboxylic acids is 1. The van der Waals surface area contributed by atoms with Crippen molar-refractivity contribution in [1.82, 2.24) is 5.01 Å². The number of amides is 1. The molecule has 3 aromatic carbocycles. The first-order valence-electron chi connectivity index (χ1n) is 10.1. The Morgan fingerprint density at radius 1 is 1.22 bits per heavy atom. The van der Waals surface area contributed by atoms with E-state index in [0.717, 1.165) is 21.3 Å². The fourth-order valence-corrected chi connectivity index (χ4v) is 5.04. The second-order valence-corrected chi connectivity index (χ2v) is 8.80. The fraction of sp³-hybridized carbons (Fsp3) is 0.167. The Labute approximate surface area is 191 Å². The van der Waals surface area contributed by atoms with Gasteiger partial charge in [-0.1, -0.05) is 40.2 Å². The summed E-state index contributed by atoms with van der Waals surface area (Å²) >= 11 is 3.51. The Morgan fingerprint density at radius 3 is 2.81 bits per heavy atom. The Balaban J connectivity index is 1.59. The molecule has 0 saturated heterocycles. The minimum absolute atomic E-state index is 0.260. The third-order valence-electron chi connectivity index (χ3n) is 6.15. The van der Waals surface area contributed by atoms with Gasteiger partial charge in [-0.05, 0) is 42.0 Å².